The summed E-state index contributed by atoms with van der Waals surface area (Å²) in [6.45, 7) is 0. The van der Waals surface area contributed by atoms with Crippen molar-refractivity contribution < 1.29 is 8.83 Å². The third-order valence-electron chi connectivity index (χ3n) is 6.20. The molecule has 0 saturated carbocycles. The Morgan fingerprint density at radius 3 is 1.31 bits per heavy atom. The van der Waals surface area contributed by atoms with Crippen LogP contribution < -0.4 is 9.80 Å². The van der Waals surface area contributed by atoms with Crippen LogP contribution in [0.15, 0.2) is 131 Å². The van der Waals surface area contributed by atoms with Crippen LogP contribution in [0.25, 0.3) is 22.5 Å². The smallest absolute Gasteiger partial charge is 0.307 e. The van der Waals surface area contributed by atoms with Crippen LogP contribution in [0, 0.1) is 0 Å². The van der Waals surface area contributed by atoms with E-state index >= 15 is 0 Å². The average molecular weight is 469 g/mol. The van der Waals surface area contributed by atoms with E-state index in [1.165, 1.54) is 0 Å². The van der Waals surface area contributed by atoms with Gasteiger partial charge in [-0.3, -0.25) is 9.80 Å². The van der Waals surface area contributed by atoms with E-state index < -0.39 is 0 Å². The van der Waals surface area contributed by atoms with Gasteiger partial charge in [0.05, 0.1) is 22.7 Å². The third kappa shape index (κ3) is 3.44. The summed E-state index contributed by atoms with van der Waals surface area (Å²) in [4.78, 5) is 13.8. The predicted octanol–water partition coefficient (Wildman–Crippen LogP) is 8.25. The van der Waals surface area contributed by atoms with Gasteiger partial charge in [0.2, 0.25) is 0 Å². The fraction of sp³-hybridized carbons (Fsp3) is 0. The van der Waals surface area contributed by atoms with Crippen molar-refractivity contribution in [3.05, 3.63) is 122 Å². The molecule has 6 aromatic rings. The van der Waals surface area contributed by atoms with Gasteiger partial charge in [-0.25, -0.2) is 0 Å². The summed E-state index contributed by atoms with van der Waals surface area (Å²) in [5, 5.41) is 0. The fourth-order valence-corrected chi connectivity index (χ4v) is 4.50. The summed E-state index contributed by atoms with van der Waals surface area (Å²) in [7, 11) is 0. The molecule has 7 rings (SSSR count). The standard InChI is InChI=1S/C30H20N4O2/c1-3-11-23(12-4-1)33-25-15-7-9-21(17-25)28-20-36-30(32-28)34(24-13-5-2-6-14-24)26-16-8-10-22(18-26)27-19-35-29(33)31-27/h1-20H. The quantitative estimate of drug-likeness (QED) is 0.255. The lowest BCUT2D eigenvalue weighted by Crippen LogP contribution is -2.11. The Bertz CT molecular complexity index is 1530. The van der Waals surface area contributed by atoms with Gasteiger partial charge in [0, 0.05) is 11.1 Å². The van der Waals surface area contributed by atoms with Gasteiger partial charge >= 0.3 is 12.0 Å². The number of hydrogen-bond acceptors (Lipinski definition) is 6. The molecule has 6 nitrogen and oxygen atoms in total. The zero-order chi connectivity index (χ0) is 23.9. The maximum atomic E-state index is 6.06. The number of aromatic nitrogens is 2. The second-order valence-electron chi connectivity index (χ2n) is 8.47. The highest BCUT2D eigenvalue weighted by Crippen LogP contribution is 2.40. The Hall–Kier alpha value is -5.10. The van der Waals surface area contributed by atoms with Crippen molar-refractivity contribution in [2.24, 2.45) is 0 Å². The fourth-order valence-electron chi connectivity index (χ4n) is 4.50. The summed E-state index contributed by atoms with van der Waals surface area (Å²) in [5.41, 5.74) is 7.02. The molecule has 3 heterocycles. The highest BCUT2D eigenvalue weighted by Gasteiger charge is 2.23. The first-order chi connectivity index (χ1) is 17.8. The Morgan fingerprint density at radius 2 is 0.861 bits per heavy atom. The lowest BCUT2D eigenvalue weighted by molar-refractivity contribution is 0.566. The minimum absolute atomic E-state index is 0.483. The van der Waals surface area contributed by atoms with E-state index in [4.69, 9.17) is 18.8 Å². The molecular formula is C30H20N4O2. The van der Waals surface area contributed by atoms with Crippen molar-refractivity contribution in [1.29, 1.82) is 0 Å². The van der Waals surface area contributed by atoms with Crippen molar-refractivity contribution >= 4 is 34.8 Å². The molecule has 2 aromatic heterocycles. The second kappa shape index (κ2) is 8.29. The molecule has 0 fully saturated rings. The maximum absolute atomic E-state index is 6.06. The van der Waals surface area contributed by atoms with Crippen LogP contribution in [0.2, 0.25) is 0 Å². The van der Waals surface area contributed by atoms with Crippen molar-refractivity contribution in [2.75, 3.05) is 9.80 Å². The Morgan fingerprint density at radius 1 is 0.444 bits per heavy atom. The van der Waals surface area contributed by atoms with E-state index in [0.717, 1.165) is 45.3 Å². The molecule has 6 heteroatoms. The van der Waals surface area contributed by atoms with Gasteiger partial charge in [0.15, 0.2) is 0 Å². The largest absolute Gasteiger partial charge is 0.431 e. The van der Waals surface area contributed by atoms with Crippen molar-refractivity contribution in [3.8, 4) is 22.5 Å². The van der Waals surface area contributed by atoms with Gasteiger partial charge < -0.3 is 8.83 Å². The molecule has 4 aromatic carbocycles. The lowest BCUT2D eigenvalue weighted by Gasteiger charge is -2.22. The minimum atomic E-state index is 0.483. The van der Waals surface area contributed by atoms with Crippen LogP contribution >= 0.6 is 0 Å². The van der Waals surface area contributed by atoms with Crippen LogP contribution in [-0.2, 0) is 0 Å². The monoisotopic (exact) mass is 468 g/mol. The van der Waals surface area contributed by atoms with E-state index in [-0.39, 0.29) is 0 Å². The molecular weight excluding hydrogens is 448 g/mol. The first-order valence-corrected chi connectivity index (χ1v) is 11.7. The van der Waals surface area contributed by atoms with Crippen LogP contribution in [-0.4, -0.2) is 9.97 Å². The van der Waals surface area contributed by atoms with Crippen molar-refractivity contribution in [1.82, 2.24) is 9.97 Å². The van der Waals surface area contributed by atoms with E-state index in [2.05, 4.69) is 12.1 Å². The van der Waals surface area contributed by atoms with E-state index in [0.29, 0.717) is 12.0 Å². The minimum Gasteiger partial charge on any atom is -0.431 e. The summed E-state index contributed by atoms with van der Waals surface area (Å²) >= 11 is 0. The highest BCUT2D eigenvalue weighted by molar-refractivity contribution is 5.80. The number of nitrogens with zero attached hydrogens (tertiary/aromatic N) is 4. The van der Waals surface area contributed by atoms with Crippen LogP contribution in [0.1, 0.15) is 0 Å². The molecule has 1 aliphatic rings. The molecule has 0 atom stereocenters. The molecule has 0 saturated heterocycles. The number of hydrogen-bond donors (Lipinski definition) is 0. The second-order valence-corrected chi connectivity index (χ2v) is 8.47. The Balaban J connectivity index is 1.49. The number of oxazole rings is 2. The van der Waals surface area contributed by atoms with Crippen LogP contribution in [0.4, 0.5) is 34.8 Å². The number of fused-ring (bicyclic) bond motifs is 10. The van der Waals surface area contributed by atoms with Gasteiger partial charge in [-0.2, -0.15) is 9.97 Å². The van der Waals surface area contributed by atoms with Gasteiger partial charge in [0.1, 0.15) is 23.9 Å². The van der Waals surface area contributed by atoms with Crippen molar-refractivity contribution in [3.63, 3.8) is 0 Å². The zero-order valence-corrected chi connectivity index (χ0v) is 19.2. The maximum Gasteiger partial charge on any atom is 0.307 e. The number of rotatable bonds is 2. The van der Waals surface area contributed by atoms with Gasteiger partial charge in [-0.1, -0.05) is 60.7 Å². The Kier molecular flexibility index (Phi) is 4.67. The molecule has 0 aliphatic carbocycles. The van der Waals surface area contributed by atoms with Crippen LogP contribution in [0.3, 0.4) is 0 Å². The summed E-state index contributed by atoms with van der Waals surface area (Å²) < 4.78 is 12.1. The number of para-hydroxylation sites is 2. The molecule has 0 amide bonds. The molecule has 0 spiro atoms. The molecule has 0 N–H and O–H groups in total. The van der Waals surface area contributed by atoms with E-state index in [1.807, 2.05) is 107 Å². The molecule has 0 unspecified atom stereocenters. The van der Waals surface area contributed by atoms with Crippen LogP contribution in [0.5, 0.6) is 0 Å². The normalized spacial score (nSPS) is 12.3. The summed E-state index contributed by atoms with van der Waals surface area (Å²) in [6.07, 6.45) is 3.40. The van der Waals surface area contributed by atoms with Gasteiger partial charge in [0.25, 0.3) is 0 Å². The van der Waals surface area contributed by atoms with Crippen molar-refractivity contribution in [2.45, 2.75) is 0 Å². The SMILES string of the molecule is c1ccc(N2c3cccc(c3)-c3coc(n3)N(c3ccccc3)c3cccc(c3)-c3coc2n3)cc1. The topological polar surface area (TPSA) is 58.5 Å². The zero-order valence-electron chi connectivity index (χ0n) is 19.2. The first-order valence-electron chi connectivity index (χ1n) is 11.7. The number of benzene rings is 4. The summed E-state index contributed by atoms with van der Waals surface area (Å²) in [6, 6.07) is 37.3. The highest BCUT2D eigenvalue weighted by atomic mass is 16.4. The van der Waals surface area contributed by atoms with Gasteiger partial charge in [-0.15, -0.1) is 0 Å². The Labute approximate surface area is 207 Å². The van der Waals surface area contributed by atoms with E-state index in [1.54, 1.807) is 12.5 Å². The molecule has 0 radical (unpaired) electrons. The third-order valence-corrected chi connectivity index (χ3v) is 6.20. The average Bonchev–Trinajstić information content (AvgIpc) is 3.61. The first kappa shape index (κ1) is 20.3. The van der Waals surface area contributed by atoms with Gasteiger partial charge in [-0.05, 0) is 48.5 Å². The molecule has 1 aliphatic heterocycles. The predicted molar refractivity (Wildman–Crippen MR) is 140 cm³/mol. The summed E-state index contributed by atoms with van der Waals surface area (Å²) in [5.74, 6) is 0. The molecule has 8 bridgehead atoms. The molecule has 172 valence electrons. The van der Waals surface area contributed by atoms with E-state index in [9.17, 15) is 0 Å². The molecule has 36 heavy (non-hydrogen) atoms. The lowest BCUT2D eigenvalue weighted by atomic mass is 10.1. The number of anilines is 6.